The van der Waals surface area contributed by atoms with Gasteiger partial charge in [-0.15, -0.1) is 0 Å². The summed E-state index contributed by atoms with van der Waals surface area (Å²) < 4.78 is 79.7. The molecule has 0 bridgehead atoms. The first-order valence-corrected chi connectivity index (χ1v) is 22.6. The number of nitrogens with two attached hydrogens (primary N) is 1. The molecule has 1 fully saturated rings. The number of carbonyl (C=O) groups excluding carboxylic acids is 1. The Bertz CT molecular complexity index is 3250. The molecule has 74 heavy (non-hydrogen) atoms. The van der Waals surface area contributed by atoms with Gasteiger partial charge in [0.1, 0.15) is 16.9 Å². The van der Waals surface area contributed by atoms with Crippen molar-refractivity contribution in [3.05, 3.63) is 131 Å². The average Bonchev–Trinajstić information content (AvgIpc) is 3.83. The molecule has 4 aromatic carbocycles. The minimum absolute atomic E-state index is 0.0214. The molecular weight excluding hydrogens is 969 g/mol. The quantitative estimate of drug-likeness (QED) is 0.0828. The summed E-state index contributed by atoms with van der Waals surface area (Å²) in [5.41, 5.74) is 7.33. The van der Waals surface area contributed by atoms with Crippen LogP contribution in [0.1, 0.15) is 32.0 Å². The van der Waals surface area contributed by atoms with Crippen LogP contribution in [0.5, 0.6) is 23.0 Å². The Hall–Kier alpha value is -8.54. The molecule has 1 amide bonds. The highest BCUT2D eigenvalue weighted by Crippen LogP contribution is 2.42. The van der Waals surface area contributed by atoms with Crippen LogP contribution in [-0.4, -0.2) is 142 Å². The average molecular weight is 1020 g/mol. The van der Waals surface area contributed by atoms with Crippen molar-refractivity contribution in [1.82, 2.24) is 49.6 Å². The number of amides is 1. The zero-order valence-corrected chi connectivity index (χ0v) is 41.3. The van der Waals surface area contributed by atoms with Crippen LogP contribution >= 0.6 is 0 Å². The second kappa shape index (κ2) is 23.8. The number of pyridine rings is 1. The Balaban J connectivity index is 0.000000175. The number of aromatic amines is 1. The minimum Gasteiger partial charge on any atom is -0.494 e. The van der Waals surface area contributed by atoms with E-state index in [0.717, 1.165) is 50.6 Å². The molecule has 5 N–H and O–H groups in total. The maximum absolute atomic E-state index is 15.1. The highest BCUT2D eigenvalue weighted by atomic mass is 19.1. The number of nitrogens with zero attached hydrogens (tertiary/aromatic N) is 9. The van der Waals surface area contributed by atoms with E-state index in [9.17, 15) is 23.5 Å². The first-order valence-electron chi connectivity index (χ1n) is 22.6. The van der Waals surface area contributed by atoms with Crippen LogP contribution in [0.25, 0.3) is 44.3 Å². The molecule has 4 aromatic heterocycles. The predicted octanol–water partition coefficient (Wildman–Crippen LogP) is 7.33. The number of hydrogen-bond donors (Lipinski definition) is 4. The zero-order valence-electron chi connectivity index (χ0n) is 41.3. The summed E-state index contributed by atoms with van der Waals surface area (Å²) in [5, 5.41) is 11.9. The fraction of sp³-hybridized carbons (Fsp3) is 0.255. The SMILES string of the molecule is CN1CCN(Cc2ccc(N)nc2)CC1.COc1cc(OC)c(F)c(-c2ccc(C(=O)Nc3ncc(CN(C)C)[nH]3)c3nccnc23)c1F.COc1cc(OC)c(F)c(-c2ccc(C(=O)O)c3nccnc23)c1F. The maximum Gasteiger partial charge on any atom is 0.337 e. The number of benzene rings is 4. The third kappa shape index (κ3) is 11.9. The number of carbonyl (C=O) groups is 2. The van der Waals surface area contributed by atoms with E-state index in [1.54, 1.807) is 6.20 Å². The van der Waals surface area contributed by atoms with Crippen molar-refractivity contribution in [2.45, 2.75) is 13.1 Å². The van der Waals surface area contributed by atoms with Crippen molar-refractivity contribution < 1.29 is 51.2 Å². The topological polar surface area (TPSA) is 232 Å². The molecule has 0 atom stereocenters. The summed E-state index contributed by atoms with van der Waals surface area (Å²) in [5.74, 6) is -5.44. The second-order valence-corrected chi connectivity index (χ2v) is 16.8. The van der Waals surface area contributed by atoms with Crippen LogP contribution in [0.15, 0.2) is 85.7 Å². The van der Waals surface area contributed by atoms with E-state index in [4.69, 9.17) is 24.7 Å². The van der Waals surface area contributed by atoms with Crippen LogP contribution < -0.4 is 30.0 Å². The number of anilines is 2. The number of piperazine rings is 1. The molecule has 23 heteroatoms. The fourth-order valence-electron chi connectivity index (χ4n) is 7.93. The summed E-state index contributed by atoms with van der Waals surface area (Å²) >= 11 is 0. The summed E-state index contributed by atoms with van der Waals surface area (Å²) in [6.45, 7) is 6.20. The lowest BCUT2D eigenvalue weighted by Gasteiger charge is -2.32. The number of carboxylic acids is 1. The van der Waals surface area contributed by atoms with Gasteiger partial charge in [0.25, 0.3) is 5.91 Å². The largest absolute Gasteiger partial charge is 0.494 e. The van der Waals surface area contributed by atoms with Crippen LogP contribution in [0.3, 0.4) is 0 Å². The van der Waals surface area contributed by atoms with Gasteiger partial charge in [0, 0.05) is 93.5 Å². The van der Waals surface area contributed by atoms with Gasteiger partial charge in [0.05, 0.1) is 73.6 Å². The van der Waals surface area contributed by atoms with Crippen molar-refractivity contribution in [3.63, 3.8) is 0 Å². The van der Waals surface area contributed by atoms with Gasteiger partial charge in [-0.3, -0.25) is 34.9 Å². The molecule has 0 saturated carbocycles. The van der Waals surface area contributed by atoms with Gasteiger partial charge >= 0.3 is 5.97 Å². The highest BCUT2D eigenvalue weighted by Gasteiger charge is 2.27. The van der Waals surface area contributed by atoms with Gasteiger partial charge in [-0.1, -0.05) is 18.2 Å². The van der Waals surface area contributed by atoms with Crippen molar-refractivity contribution in [3.8, 4) is 45.3 Å². The van der Waals surface area contributed by atoms with Gasteiger partial charge in [-0.2, -0.15) is 0 Å². The smallest absolute Gasteiger partial charge is 0.337 e. The molecule has 1 aliphatic heterocycles. The molecular formula is C51H52F4N12O7. The number of ether oxygens (including phenoxy) is 4. The Morgan fingerprint density at radius 3 is 1.58 bits per heavy atom. The number of nitrogens with one attached hydrogen (secondary N) is 2. The zero-order chi connectivity index (χ0) is 53.2. The van der Waals surface area contributed by atoms with Crippen molar-refractivity contribution >= 4 is 45.7 Å². The number of aromatic nitrogens is 7. The van der Waals surface area contributed by atoms with Gasteiger partial charge in [0.15, 0.2) is 46.3 Å². The molecule has 0 unspecified atom stereocenters. The van der Waals surface area contributed by atoms with E-state index < -0.39 is 46.3 Å². The third-order valence-corrected chi connectivity index (χ3v) is 11.6. The number of nitrogen functional groups attached to an aromatic ring is 1. The number of methoxy groups -OCH3 is 4. The molecule has 0 aliphatic carbocycles. The molecule has 0 spiro atoms. The predicted molar refractivity (Wildman–Crippen MR) is 268 cm³/mol. The lowest BCUT2D eigenvalue weighted by molar-refractivity contribution is 0.0698. The summed E-state index contributed by atoms with van der Waals surface area (Å²) in [6, 6.07) is 11.5. The van der Waals surface area contributed by atoms with E-state index in [2.05, 4.69) is 63.1 Å². The van der Waals surface area contributed by atoms with E-state index in [1.165, 1.54) is 83.1 Å². The number of fused-ring (bicyclic) bond motifs is 2. The lowest BCUT2D eigenvalue weighted by Crippen LogP contribution is -2.43. The van der Waals surface area contributed by atoms with Crippen molar-refractivity contribution in [2.75, 3.05) is 86.8 Å². The first-order chi connectivity index (χ1) is 35.6. The molecule has 386 valence electrons. The minimum atomic E-state index is -1.22. The standard InChI is InChI=1S/C23H22F2N6O3.C17H12F2N2O4.C11H18N4/c1-31(2)11-12-10-28-23(29-12)30-22(32)14-6-5-13(20-21(14)27-8-7-26-20)17-18(24)15(33-3)9-16(34-4)19(17)25;1-24-10-7-11(25-2)14(19)12(13(10)18)8-3-4-9(17(22)23)16-15(8)20-5-6-21-16;1-14-4-6-15(7-5-14)9-10-2-3-11(12)13-8-10/h5-10H,11H2,1-4H3,(H2,28,29,30,32);3-7H,1-2H3,(H,22,23);2-3,8H,4-7,9H2,1H3,(H2,12,13). The van der Waals surface area contributed by atoms with Crippen molar-refractivity contribution in [1.29, 1.82) is 0 Å². The molecule has 19 nitrogen and oxygen atoms in total. The molecule has 9 rings (SSSR count). The summed E-state index contributed by atoms with van der Waals surface area (Å²) in [6.07, 6.45) is 8.87. The molecule has 8 aromatic rings. The third-order valence-electron chi connectivity index (χ3n) is 11.6. The number of carboxylic acid groups (broad SMARTS) is 1. The van der Waals surface area contributed by atoms with E-state index in [-0.39, 0.29) is 73.3 Å². The number of imidazole rings is 1. The van der Waals surface area contributed by atoms with Crippen LogP contribution in [-0.2, 0) is 13.1 Å². The monoisotopic (exact) mass is 1020 g/mol. The van der Waals surface area contributed by atoms with Gasteiger partial charge in [-0.05, 0) is 44.9 Å². The van der Waals surface area contributed by atoms with E-state index >= 15 is 8.78 Å². The first kappa shape index (κ1) is 53.3. The van der Waals surface area contributed by atoms with Crippen LogP contribution in [0.2, 0.25) is 0 Å². The maximum atomic E-state index is 15.1. The van der Waals surface area contributed by atoms with Gasteiger partial charge in [0.2, 0.25) is 5.95 Å². The van der Waals surface area contributed by atoms with Gasteiger partial charge in [-0.25, -0.2) is 32.3 Å². The Labute approximate surface area is 421 Å². The Kier molecular flexibility index (Phi) is 17.1. The van der Waals surface area contributed by atoms with Crippen LogP contribution in [0, 0.1) is 23.3 Å². The molecule has 1 saturated heterocycles. The Morgan fingerprint density at radius 1 is 0.662 bits per heavy atom. The second-order valence-electron chi connectivity index (χ2n) is 16.8. The van der Waals surface area contributed by atoms with Crippen LogP contribution in [0.4, 0.5) is 29.3 Å². The number of H-pyrrole nitrogens is 1. The number of halogens is 4. The molecule has 0 radical (unpaired) electrons. The highest BCUT2D eigenvalue weighted by molar-refractivity contribution is 6.13. The van der Waals surface area contributed by atoms with E-state index in [1.807, 2.05) is 31.3 Å². The number of likely N-dealkylation sites (N-methyl/N-ethyl adjacent to an activating group) is 1. The normalized spacial score (nSPS) is 12.6. The molecule has 1 aliphatic rings. The fourth-order valence-corrected chi connectivity index (χ4v) is 7.93. The lowest BCUT2D eigenvalue weighted by atomic mass is 9.99. The van der Waals surface area contributed by atoms with Crippen molar-refractivity contribution in [2.24, 2.45) is 0 Å². The molecule has 5 heterocycles. The van der Waals surface area contributed by atoms with E-state index in [0.29, 0.717) is 12.4 Å². The number of aromatic carboxylic acids is 1. The van der Waals surface area contributed by atoms with Gasteiger partial charge < -0.3 is 44.6 Å². The number of hydrogen-bond acceptors (Lipinski definition) is 16. The summed E-state index contributed by atoms with van der Waals surface area (Å²) in [7, 11) is 11.0. The number of rotatable bonds is 13. The Morgan fingerprint density at radius 2 is 1.14 bits per heavy atom. The summed E-state index contributed by atoms with van der Waals surface area (Å²) in [4.78, 5) is 58.9.